The lowest BCUT2D eigenvalue weighted by Crippen LogP contribution is -1.88. The minimum absolute atomic E-state index is 0.604. The second-order valence-corrected chi connectivity index (χ2v) is 6.23. The molecule has 0 aliphatic carbocycles. The van der Waals surface area contributed by atoms with Crippen LogP contribution in [-0.4, -0.2) is 15.0 Å². The van der Waals surface area contributed by atoms with Crippen molar-refractivity contribution in [2.75, 3.05) is 0 Å². The summed E-state index contributed by atoms with van der Waals surface area (Å²) in [6.45, 7) is 0. The molecule has 0 bridgehead atoms. The number of hydrogen-bond acceptors (Lipinski definition) is 4. The topological polar surface area (TPSA) is 51.8 Å². The molecule has 0 fully saturated rings. The normalized spacial score (nSPS) is 11.0. The number of rotatable bonds is 3. The third-order valence-corrected chi connectivity index (χ3v) is 4.51. The average Bonchev–Trinajstić information content (AvgIpc) is 3.19. The third kappa shape index (κ3) is 2.87. The Morgan fingerprint density at radius 1 is 0.630 bits per heavy atom. The third-order valence-electron chi connectivity index (χ3n) is 4.51. The fraction of sp³-hybridized carbons (Fsp3) is 0. The summed E-state index contributed by atoms with van der Waals surface area (Å²) in [7, 11) is 0. The van der Waals surface area contributed by atoms with E-state index in [1.165, 1.54) is 0 Å². The Morgan fingerprint density at radius 3 is 2.15 bits per heavy atom. The number of hydrogen-bond donors (Lipinski definition) is 0. The monoisotopic (exact) mass is 349 g/mol. The van der Waals surface area contributed by atoms with Crippen LogP contribution in [0.5, 0.6) is 0 Å². The van der Waals surface area contributed by atoms with Crippen LogP contribution in [0.25, 0.3) is 44.8 Å². The van der Waals surface area contributed by atoms with Gasteiger partial charge in [-0.15, -0.1) is 0 Å². The number of fused-ring (bicyclic) bond motifs is 1. The molecule has 0 radical (unpaired) electrons. The van der Waals surface area contributed by atoms with Gasteiger partial charge in [-0.1, -0.05) is 30.3 Å². The van der Waals surface area contributed by atoms with Gasteiger partial charge in [-0.2, -0.15) is 0 Å². The molecule has 27 heavy (non-hydrogen) atoms. The van der Waals surface area contributed by atoms with E-state index in [1.54, 1.807) is 12.4 Å². The minimum atomic E-state index is 0.604. The smallest absolute Gasteiger partial charge is 0.227 e. The molecule has 4 nitrogen and oxygen atoms in total. The first kappa shape index (κ1) is 15.5. The molecular formula is C23H15N3O. The van der Waals surface area contributed by atoms with E-state index < -0.39 is 0 Å². The summed E-state index contributed by atoms with van der Waals surface area (Å²) in [5.41, 5.74) is 6.75. The maximum atomic E-state index is 6.02. The van der Waals surface area contributed by atoms with Crippen molar-refractivity contribution in [3.8, 4) is 33.7 Å². The summed E-state index contributed by atoms with van der Waals surface area (Å²) in [5.74, 6) is 0.604. The minimum Gasteiger partial charge on any atom is -0.436 e. The zero-order chi connectivity index (χ0) is 18.1. The highest BCUT2D eigenvalue weighted by molar-refractivity contribution is 5.86. The number of benzene rings is 2. The summed E-state index contributed by atoms with van der Waals surface area (Å²) in [5, 5.41) is 0. The van der Waals surface area contributed by atoms with E-state index in [2.05, 4.69) is 39.2 Å². The second kappa shape index (κ2) is 6.50. The van der Waals surface area contributed by atoms with E-state index >= 15 is 0 Å². The molecule has 0 saturated carbocycles. The molecule has 4 heteroatoms. The lowest BCUT2D eigenvalue weighted by molar-refractivity contribution is 0.620. The van der Waals surface area contributed by atoms with Gasteiger partial charge in [-0.25, -0.2) is 4.98 Å². The van der Waals surface area contributed by atoms with Crippen molar-refractivity contribution in [3.63, 3.8) is 0 Å². The van der Waals surface area contributed by atoms with Crippen LogP contribution in [-0.2, 0) is 0 Å². The fourth-order valence-corrected chi connectivity index (χ4v) is 3.19. The number of aromatic nitrogens is 3. The lowest BCUT2D eigenvalue weighted by atomic mass is 9.96. The first-order chi connectivity index (χ1) is 13.4. The first-order valence-electron chi connectivity index (χ1n) is 8.69. The molecule has 0 amide bonds. The Hall–Kier alpha value is -3.79. The van der Waals surface area contributed by atoms with Crippen molar-refractivity contribution in [1.82, 2.24) is 15.0 Å². The van der Waals surface area contributed by atoms with Crippen LogP contribution in [0.15, 0.2) is 95.9 Å². The highest BCUT2D eigenvalue weighted by atomic mass is 16.3. The predicted octanol–water partition coefficient (Wildman–Crippen LogP) is 5.62. The van der Waals surface area contributed by atoms with Gasteiger partial charge in [0.15, 0.2) is 5.58 Å². The molecule has 0 unspecified atom stereocenters. The van der Waals surface area contributed by atoms with Crippen molar-refractivity contribution in [2.24, 2.45) is 0 Å². The number of para-hydroxylation sites is 2. The van der Waals surface area contributed by atoms with Crippen LogP contribution in [0.1, 0.15) is 0 Å². The Kier molecular flexibility index (Phi) is 3.72. The van der Waals surface area contributed by atoms with E-state index in [0.29, 0.717) is 5.89 Å². The molecule has 0 aliphatic heterocycles. The molecule has 0 N–H and O–H groups in total. The molecule has 5 rings (SSSR count). The Balaban J connectivity index is 1.73. The van der Waals surface area contributed by atoms with Crippen molar-refractivity contribution in [2.45, 2.75) is 0 Å². The molecule has 128 valence electrons. The van der Waals surface area contributed by atoms with E-state index in [-0.39, 0.29) is 0 Å². The van der Waals surface area contributed by atoms with Gasteiger partial charge in [0.2, 0.25) is 5.89 Å². The fourth-order valence-electron chi connectivity index (χ4n) is 3.19. The van der Waals surface area contributed by atoms with Gasteiger partial charge in [0.1, 0.15) is 5.52 Å². The van der Waals surface area contributed by atoms with Crippen LogP contribution >= 0.6 is 0 Å². The van der Waals surface area contributed by atoms with Crippen molar-refractivity contribution < 1.29 is 4.42 Å². The highest BCUT2D eigenvalue weighted by Crippen LogP contribution is 2.36. The molecule has 0 saturated heterocycles. The number of nitrogens with zero attached hydrogens (tertiary/aromatic N) is 3. The summed E-state index contributed by atoms with van der Waals surface area (Å²) in [6, 6.07) is 22.0. The standard InChI is InChI=1S/C23H15N3O/c1-2-8-22-21(7-1)26-23(27-22)19-10-9-16(17-5-3-11-24-14-17)13-20(19)18-6-4-12-25-15-18/h1-15H. The van der Waals surface area contributed by atoms with Crippen LogP contribution in [0.2, 0.25) is 0 Å². The Bertz CT molecular complexity index is 1180. The zero-order valence-electron chi connectivity index (χ0n) is 14.4. The van der Waals surface area contributed by atoms with Gasteiger partial charge in [0.05, 0.1) is 0 Å². The largest absolute Gasteiger partial charge is 0.436 e. The maximum Gasteiger partial charge on any atom is 0.227 e. The molecule has 0 spiro atoms. The molecule has 2 aromatic carbocycles. The molecule has 5 aromatic rings. The summed E-state index contributed by atoms with van der Waals surface area (Å²) in [6.07, 6.45) is 7.27. The van der Waals surface area contributed by atoms with Gasteiger partial charge < -0.3 is 4.42 Å². The summed E-state index contributed by atoms with van der Waals surface area (Å²) < 4.78 is 6.02. The van der Waals surface area contributed by atoms with Crippen LogP contribution < -0.4 is 0 Å². The maximum absolute atomic E-state index is 6.02. The average molecular weight is 349 g/mol. The molecule has 3 heterocycles. The van der Waals surface area contributed by atoms with Gasteiger partial charge in [-0.05, 0) is 47.5 Å². The second-order valence-electron chi connectivity index (χ2n) is 6.23. The van der Waals surface area contributed by atoms with Crippen LogP contribution in [0.3, 0.4) is 0 Å². The van der Waals surface area contributed by atoms with Crippen LogP contribution in [0.4, 0.5) is 0 Å². The van der Waals surface area contributed by atoms with Crippen molar-refractivity contribution in [3.05, 3.63) is 91.5 Å². The molecule has 3 aromatic heterocycles. The van der Waals surface area contributed by atoms with E-state index in [0.717, 1.165) is 38.9 Å². The van der Waals surface area contributed by atoms with Gasteiger partial charge in [-0.3, -0.25) is 9.97 Å². The Labute approximate surface area is 156 Å². The zero-order valence-corrected chi connectivity index (χ0v) is 14.4. The quantitative estimate of drug-likeness (QED) is 0.424. The lowest BCUT2D eigenvalue weighted by Gasteiger charge is -2.10. The van der Waals surface area contributed by atoms with E-state index in [4.69, 9.17) is 4.42 Å². The van der Waals surface area contributed by atoms with Gasteiger partial charge in [0.25, 0.3) is 0 Å². The SMILES string of the molecule is c1cncc(-c2ccc(-c3nc4ccccc4o3)c(-c3cccnc3)c2)c1. The van der Waals surface area contributed by atoms with Gasteiger partial charge >= 0.3 is 0 Å². The highest BCUT2D eigenvalue weighted by Gasteiger charge is 2.15. The van der Waals surface area contributed by atoms with Crippen LogP contribution in [0, 0.1) is 0 Å². The summed E-state index contributed by atoms with van der Waals surface area (Å²) in [4.78, 5) is 13.2. The first-order valence-corrected chi connectivity index (χ1v) is 8.69. The van der Waals surface area contributed by atoms with Crippen molar-refractivity contribution >= 4 is 11.1 Å². The molecule has 0 atom stereocenters. The van der Waals surface area contributed by atoms with Crippen molar-refractivity contribution in [1.29, 1.82) is 0 Å². The van der Waals surface area contributed by atoms with E-state index in [1.807, 2.05) is 54.9 Å². The molecular weight excluding hydrogens is 334 g/mol. The molecule has 0 aliphatic rings. The van der Waals surface area contributed by atoms with E-state index in [9.17, 15) is 0 Å². The predicted molar refractivity (Wildman–Crippen MR) is 106 cm³/mol. The van der Waals surface area contributed by atoms with Gasteiger partial charge in [0, 0.05) is 41.5 Å². The Morgan fingerprint density at radius 2 is 1.41 bits per heavy atom. The summed E-state index contributed by atoms with van der Waals surface area (Å²) >= 11 is 0. The number of pyridine rings is 2. The number of oxazole rings is 1.